The van der Waals surface area contributed by atoms with Crippen molar-refractivity contribution in [3.05, 3.63) is 0 Å². The van der Waals surface area contributed by atoms with Crippen LogP contribution >= 0.6 is 0 Å². The van der Waals surface area contributed by atoms with Crippen LogP contribution in [0.5, 0.6) is 0 Å². The Hall–Kier alpha value is -1.06. The van der Waals surface area contributed by atoms with E-state index < -0.39 is 12.0 Å². The number of unbranched alkanes of at least 4 members (excludes halogenated alkanes) is 11. The topological polar surface area (TPSA) is 66.4 Å². The normalized spacial score (nSPS) is 13.5. The molecule has 0 aromatic rings. The highest BCUT2D eigenvalue weighted by molar-refractivity contribution is 5.84. The Morgan fingerprint density at radius 1 is 0.792 bits per heavy atom. The molecule has 4 nitrogen and oxygen atoms in total. The molecule has 4 heteroatoms. The summed E-state index contributed by atoms with van der Waals surface area (Å²) in [6.45, 7) is 5.63. The Kier molecular flexibility index (Phi) is 14.8. The largest absolute Gasteiger partial charge is 0.480 e. The van der Waals surface area contributed by atoms with Crippen molar-refractivity contribution in [2.24, 2.45) is 5.92 Å². The summed E-state index contributed by atoms with van der Waals surface area (Å²) in [6, 6.07) is -0.804. The van der Waals surface area contributed by atoms with E-state index >= 15 is 0 Å². The molecule has 0 fully saturated rings. The van der Waals surface area contributed by atoms with E-state index in [2.05, 4.69) is 12.2 Å². The van der Waals surface area contributed by atoms with Crippen LogP contribution in [0.15, 0.2) is 0 Å². The molecule has 0 aromatic heterocycles. The number of hydrogen-bond donors (Lipinski definition) is 2. The standard InChI is InChI=1S/C20H39NO3/c1-4-5-6-7-8-9-10-11-12-13-14-15-16-17(2)19(22)21-18(3)20(23)24/h17-18H,4-16H2,1-3H3,(H,21,22)(H,23,24)/t17-,18+/m0/s1. The molecule has 0 saturated heterocycles. The molecule has 142 valence electrons. The summed E-state index contributed by atoms with van der Waals surface area (Å²) in [6.07, 6.45) is 16.6. The highest BCUT2D eigenvalue weighted by atomic mass is 16.4. The van der Waals surface area contributed by atoms with E-state index in [9.17, 15) is 9.59 Å². The summed E-state index contributed by atoms with van der Waals surface area (Å²) in [5, 5.41) is 11.3. The molecule has 0 heterocycles. The molecule has 2 atom stereocenters. The lowest BCUT2D eigenvalue weighted by Crippen LogP contribution is -2.41. The molecule has 0 radical (unpaired) electrons. The van der Waals surface area contributed by atoms with Crippen LogP contribution in [0, 0.1) is 5.92 Å². The predicted octanol–water partition coefficient (Wildman–Crippen LogP) is 5.30. The van der Waals surface area contributed by atoms with Crippen molar-refractivity contribution in [1.29, 1.82) is 0 Å². The lowest BCUT2D eigenvalue weighted by molar-refractivity contribution is -0.141. The van der Waals surface area contributed by atoms with Gasteiger partial charge in [0.2, 0.25) is 5.91 Å². The average molecular weight is 342 g/mol. The number of carboxylic acids is 1. The molecular weight excluding hydrogens is 302 g/mol. The Labute approximate surface area is 148 Å². The molecule has 2 N–H and O–H groups in total. The Bertz CT molecular complexity index is 331. The number of amides is 1. The first-order chi connectivity index (χ1) is 11.5. The van der Waals surface area contributed by atoms with Crippen LogP contribution in [0.25, 0.3) is 0 Å². The zero-order valence-electron chi connectivity index (χ0n) is 16.1. The fourth-order valence-corrected chi connectivity index (χ4v) is 2.84. The number of nitrogens with one attached hydrogen (secondary N) is 1. The minimum Gasteiger partial charge on any atom is -0.480 e. The highest BCUT2D eigenvalue weighted by Crippen LogP contribution is 2.14. The van der Waals surface area contributed by atoms with Gasteiger partial charge in [0, 0.05) is 5.92 Å². The maximum absolute atomic E-state index is 11.8. The predicted molar refractivity (Wildman–Crippen MR) is 100 cm³/mol. The summed E-state index contributed by atoms with van der Waals surface area (Å²) in [5.41, 5.74) is 0. The number of carbonyl (C=O) groups excluding carboxylic acids is 1. The van der Waals surface area contributed by atoms with Crippen LogP contribution in [-0.2, 0) is 9.59 Å². The number of hydrogen-bond acceptors (Lipinski definition) is 2. The molecule has 0 unspecified atom stereocenters. The average Bonchev–Trinajstić information content (AvgIpc) is 2.55. The highest BCUT2D eigenvalue weighted by Gasteiger charge is 2.18. The van der Waals surface area contributed by atoms with Crippen LogP contribution in [0.3, 0.4) is 0 Å². The van der Waals surface area contributed by atoms with E-state index in [0.717, 1.165) is 12.8 Å². The van der Waals surface area contributed by atoms with Gasteiger partial charge in [-0.05, 0) is 13.3 Å². The van der Waals surface area contributed by atoms with Gasteiger partial charge in [0.15, 0.2) is 0 Å². The summed E-state index contributed by atoms with van der Waals surface area (Å²) in [5.74, 6) is -1.23. The fourth-order valence-electron chi connectivity index (χ4n) is 2.84. The van der Waals surface area contributed by atoms with Crippen molar-refractivity contribution in [3.63, 3.8) is 0 Å². The smallest absolute Gasteiger partial charge is 0.325 e. The maximum Gasteiger partial charge on any atom is 0.325 e. The number of aliphatic carboxylic acids is 1. The third-order valence-electron chi connectivity index (χ3n) is 4.67. The molecule has 0 aliphatic carbocycles. The summed E-state index contributed by atoms with van der Waals surface area (Å²) in [4.78, 5) is 22.5. The van der Waals surface area contributed by atoms with Crippen LogP contribution in [0.2, 0.25) is 0 Å². The van der Waals surface area contributed by atoms with E-state index in [4.69, 9.17) is 5.11 Å². The fraction of sp³-hybridized carbons (Fsp3) is 0.900. The van der Waals surface area contributed by atoms with E-state index in [1.165, 1.54) is 77.6 Å². The van der Waals surface area contributed by atoms with Gasteiger partial charge in [-0.1, -0.05) is 90.9 Å². The van der Waals surface area contributed by atoms with Gasteiger partial charge in [0.1, 0.15) is 6.04 Å². The van der Waals surface area contributed by atoms with Crippen molar-refractivity contribution in [2.45, 2.75) is 110 Å². The first-order valence-electron chi connectivity index (χ1n) is 10.0. The van der Waals surface area contributed by atoms with Crippen molar-refractivity contribution in [2.75, 3.05) is 0 Å². The SMILES string of the molecule is CCCCCCCCCCCCCC[C@H](C)C(=O)N[C@H](C)C(=O)O. The zero-order valence-corrected chi connectivity index (χ0v) is 16.1. The second-order valence-electron chi connectivity index (χ2n) is 7.15. The van der Waals surface area contributed by atoms with Gasteiger partial charge in [-0.3, -0.25) is 9.59 Å². The Morgan fingerprint density at radius 3 is 1.62 bits per heavy atom. The van der Waals surface area contributed by atoms with Gasteiger partial charge in [-0.25, -0.2) is 0 Å². The molecule has 0 rings (SSSR count). The van der Waals surface area contributed by atoms with Gasteiger partial charge >= 0.3 is 5.97 Å². The van der Waals surface area contributed by atoms with Crippen molar-refractivity contribution in [3.8, 4) is 0 Å². The lowest BCUT2D eigenvalue weighted by atomic mass is 10.00. The molecular formula is C20H39NO3. The minimum absolute atomic E-state index is 0.102. The molecule has 0 aliphatic rings. The van der Waals surface area contributed by atoms with Gasteiger partial charge < -0.3 is 10.4 Å². The summed E-state index contributed by atoms with van der Waals surface area (Å²) < 4.78 is 0. The molecule has 0 aliphatic heterocycles. The maximum atomic E-state index is 11.8. The lowest BCUT2D eigenvalue weighted by Gasteiger charge is -2.14. The quantitative estimate of drug-likeness (QED) is 0.374. The number of carbonyl (C=O) groups is 2. The van der Waals surface area contributed by atoms with Crippen LogP contribution < -0.4 is 5.32 Å². The molecule has 0 aromatic carbocycles. The van der Waals surface area contributed by atoms with Crippen molar-refractivity contribution < 1.29 is 14.7 Å². The molecule has 0 bridgehead atoms. The molecule has 0 saturated carbocycles. The zero-order chi connectivity index (χ0) is 18.2. The van der Waals surface area contributed by atoms with E-state index in [-0.39, 0.29) is 11.8 Å². The minimum atomic E-state index is -0.985. The van der Waals surface area contributed by atoms with Gasteiger partial charge in [0.25, 0.3) is 0 Å². The molecule has 1 amide bonds. The first kappa shape index (κ1) is 22.9. The van der Waals surface area contributed by atoms with Crippen LogP contribution in [-0.4, -0.2) is 23.0 Å². The second-order valence-corrected chi connectivity index (χ2v) is 7.15. The number of carboxylic acid groups (broad SMARTS) is 1. The van der Waals surface area contributed by atoms with Crippen molar-refractivity contribution >= 4 is 11.9 Å². The number of rotatable bonds is 16. The van der Waals surface area contributed by atoms with Gasteiger partial charge in [-0.2, -0.15) is 0 Å². The second kappa shape index (κ2) is 15.5. The molecule has 24 heavy (non-hydrogen) atoms. The van der Waals surface area contributed by atoms with Gasteiger partial charge in [-0.15, -0.1) is 0 Å². The Morgan fingerprint density at radius 2 is 1.21 bits per heavy atom. The third kappa shape index (κ3) is 13.4. The summed E-state index contributed by atoms with van der Waals surface area (Å²) in [7, 11) is 0. The molecule has 0 spiro atoms. The van der Waals surface area contributed by atoms with E-state index in [0.29, 0.717) is 0 Å². The Balaban J connectivity index is 3.40. The van der Waals surface area contributed by atoms with E-state index in [1.807, 2.05) is 6.92 Å². The van der Waals surface area contributed by atoms with Gasteiger partial charge in [0.05, 0.1) is 0 Å². The van der Waals surface area contributed by atoms with Crippen molar-refractivity contribution in [1.82, 2.24) is 5.32 Å². The first-order valence-corrected chi connectivity index (χ1v) is 10.0. The van der Waals surface area contributed by atoms with Crippen LogP contribution in [0.1, 0.15) is 104 Å². The monoisotopic (exact) mass is 341 g/mol. The van der Waals surface area contributed by atoms with Crippen LogP contribution in [0.4, 0.5) is 0 Å². The van der Waals surface area contributed by atoms with E-state index in [1.54, 1.807) is 0 Å². The summed E-state index contributed by atoms with van der Waals surface area (Å²) >= 11 is 0. The third-order valence-corrected chi connectivity index (χ3v) is 4.67.